The fourth-order valence-electron chi connectivity index (χ4n) is 6.62. The van der Waals surface area contributed by atoms with E-state index in [0.29, 0.717) is 6.42 Å². The third-order valence-corrected chi connectivity index (χ3v) is 8.79. The van der Waals surface area contributed by atoms with Crippen molar-refractivity contribution in [3.8, 4) is 0 Å². The molecule has 44 heavy (non-hydrogen) atoms. The van der Waals surface area contributed by atoms with Gasteiger partial charge in [0.2, 0.25) is 0 Å². The standard InChI is InChI=1S/C30H42O14/c1-9-10-20(35)44-22-21(40-15(3)31)14(2)13-19-30(39,29(8,38)26(36)43-19)25(42-17(5)33)23-27(6,24(22)41-16(4)32)12-11-18(34)28(23,7)37/h11-13,18-19,21-25,34,37-39H,9-10H2,1-8H3/b14-13-/t18-,19+,21+,22-,23-,24+,25+,27+,28-,29-,30+/m1/s1. The van der Waals surface area contributed by atoms with Crippen LogP contribution in [0.5, 0.6) is 0 Å². The van der Waals surface area contributed by atoms with Gasteiger partial charge >= 0.3 is 29.8 Å². The molecule has 3 rings (SSSR count). The van der Waals surface area contributed by atoms with Gasteiger partial charge in [0.05, 0.1) is 5.60 Å². The third-order valence-electron chi connectivity index (χ3n) is 8.79. The molecule has 1 heterocycles. The maximum Gasteiger partial charge on any atom is 0.341 e. The summed E-state index contributed by atoms with van der Waals surface area (Å²) in [6, 6.07) is 0. The minimum absolute atomic E-state index is 0.0378. The van der Waals surface area contributed by atoms with E-state index < -0.39 is 94.6 Å². The maximum absolute atomic E-state index is 13.1. The second-order valence-corrected chi connectivity index (χ2v) is 12.3. The minimum atomic E-state index is -2.86. The van der Waals surface area contributed by atoms with E-state index in [0.717, 1.165) is 40.7 Å². The van der Waals surface area contributed by atoms with Gasteiger partial charge in [-0.05, 0) is 38.8 Å². The molecule has 0 radical (unpaired) electrons. The molecule has 0 aromatic carbocycles. The lowest BCUT2D eigenvalue weighted by Crippen LogP contribution is -2.74. The predicted octanol–water partition coefficient (Wildman–Crippen LogP) is 0.165. The summed E-state index contributed by atoms with van der Waals surface area (Å²) in [5.74, 6) is -6.54. The van der Waals surface area contributed by atoms with Crippen LogP contribution in [-0.2, 0) is 47.7 Å². The fourth-order valence-corrected chi connectivity index (χ4v) is 6.62. The summed E-state index contributed by atoms with van der Waals surface area (Å²) in [6.45, 7) is 9.76. The summed E-state index contributed by atoms with van der Waals surface area (Å²) >= 11 is 0. The minimum Gasteiger partial charge on any atom is -0.459 e. The molecule has 2 aliphatic carbocycles. The third kappa shape index (κ3) is 5.87. The summed E-state index contributed by atoms with van der Waals surface area (Å²) in [5.41, 5.74) is -9.81. The van der Waals surface area contributed by atoms with Crippen LogP contribution in [0.25, 0.3) is 0 Å². The molecule has 246 valence electrons. The topological polar surface area (TPSA) is 212 Å². The first kappa shape index (κ1) is 35.2. The van der Waals surface area contributed by atoms with Crippen LogP contribution in [0.1, 0.15) is 68.2 Å². The van der Waals surface area contributed by atoms with Gasteiger partial charge in [-0.3, -0.25) is 19.2 Å². The zero-order chi connectivity index (χ0) is 33.6. The molecule has 0 aromatic heterocycles. The Balaban J connectivity index is 2.56. The van der Waals surface area contributed by atoms with Gasteiger partial charge in [0.1, 0.15) is 12.2 Å². The number of fused-ring (bicyclic) bond motifs is 2. The number of hydrogen-bond donors (Lipinski definition) is 4. The van der Waals surface area contributed by atoms with E-state index in [4.69, 9.17) is 23.7 Å². The maximum atomic E-state index is 13.1. The SMILES string of the molecule is CCCC(=O)O[C@@H]1[C@@H](OC(C)=O)/C(C)=C\[C@@H]2OC(=O)[C@@](C)(O)[C@@]2(O)[C@@H](OC(C)=O)[C@H]2[C@](C)(O)[C@H](O)C=C[C@]2(C)[C@H]1OC(C)=O. The van der Waals surface area contributed by atoms with Crippen LogP contribution >= 0.6 is 0 Å². The van der Waals surface area contributed by atoms with Gasteiger partial charge in [-0.2, -0.15) is 0 Å². The highest BCUT2D eigenvalue weighted by Crippen LogP contribution is 2.56. The van der Waals surface area contributed by atoms with Crippen molar-refractivity contribution in [3.63, 3.8) is 0 Å². The largest absolute Gasteiger partial charge is 0.459 e. The Morgan fingerprint density at radius 1 is 0.909 bits per heavy atom. The van der Waals surface area contributed by atoms with E-state index in [1.165, 1.54) is 26.0 Å². The molecular weight excluding hydrogens is 584 g/mol. The van der Waals surface area contributed by atoms with Gasteiger partial charge in [-0.25, -0.2) is 4.79 Å². The van der Waals surface area contributed by atoms with Gasteiger partial charge < -0.3 is 44.1 Å². The molecule has 0 spiro atoms. The Morgan fingerprint density at radius 2 is 1.45 bits per heavy atom. The number of aliphatic hydroxyl groups excluding tert-OH is 1. The van der Waals surface area contributed by atoms with Crippen LogP contribution in [0.3, 0.4) is 0 Å². The number of ether oxygens (including phenoxy) is 5. The highest BCUT2D eigenvalue weighted by molar-refractivity contribution is 5.84. The lowest BCUT2D eigenvalue weighted by atomic mass is 9.53. The molecule has 0 aromatic rings. The van der Waals surface area contributed by atoms with Gasteiger partial charge in [0, 0.05) is 38.5 Å². The monoisotopic (exact) mass is 626 g/mol. The molecule has 0 saturated carbocycles. The van der Waals surface area contributed by atoms with E-state index in [9.17, 15) is 44.4 Å². The zero-order valence-corrected chi connectivity index (χ0v) is 26.1. The molecule has 14 heteroatoms. The molecule has 0 unspecified atom stereocenters. The second-order valence-electron chi connectivity index (χ2n) is 12.3. The number of rotatable bonds is 6. The molecule has 3 aliphatic rings. The number of hydrogen-bond acceptors (Lipinski definition) is 14. The fraction of sp³-hybridized carbons (Fsp3) is 0.700. The zero-order valence-electron chi connectivity index (χ0n) is 26.1. The molecule has 1 aliphatic heterocycles. The Hall–Kier alpha value is -3.33. The Kier molecular flexibility index (Phi) is 9.76. The summed E-state index contributed by atoms with van der Waals surface area (Å²) in [7, 11) is 0. The lowest BCUT2D eigenvalue weighted by molar-refractivity contribution is -0.264. The van der Waals surface area contributed by atoms with Gasteiger partial charge in [-0.1, -0.05) is 26.0 Å². The van der Waals surface area contributed by atoms with E-state index >= 15 is 0 Å². The van der Waals surface area contributed by atoms with Crippen LogP contribution in [0.4, 0.5) is 0 Å². The summed E-state index contributed by atoms with van der Waals surface area (Å²) in [5, 5.41) is 46.8. The average molecular weight is 627 g/mol. The van der Waals surface area contributed by atoms with E-state index in [-0.39, 0.29) is 12.0 Å². The van der Waals surface area contributed by atoms with Gasteiger partial charge in [-0.15, -0.1) is 0 Å². The molecular formula is C30H42O14. The molecule has 1 fully saturated rings. The first-order chi connectivity index (χ1) is 20.2. The molecule has 11 atom stereocenters. The predicted molar refractivity (Wildman–Crippen MR) is 148 cm³/mol. The summed E-state index contributed by atoms with van der Waals surface area (Å²) < 4.78 is 28.3. The quantitative estimate of drug-likeness (QED) is 0.176. The highest BCUT2D eigenvalue weighted by Gasteiger charge is 2.75. The van der Waals surface area contributed by atoms with Crippen molar-refractivity contribution in [3.05, 3.63) is 23.8 Å². The second kappa shape index (κ2) is 12.2. The smallest absolute Gasteiger partial charge is 0.341 e. The van der Waals surface area contributed by atoms with Crippen molar-refractivity contribution in [2.24, 2.45) is 11.3 Å². The van der Waals surface area contributed by atoms with Crippen LogP contribution in [0.15, 0.2) is 23.8 Å². The highest BCUT2D eigenvalue weighted by atomic mass is 16.6. The number of carbonyl (C=O) groups excluding carboxylic acids is 5. The molecule has 0 amide bonds. The van der Waals surface area contributed by atoms with Gasteiger partial charge in [0.15, 0.2) is 35.6 Å². The normalized spacial score (nSPS) is 42.9. The van der Waals surface area contributed by atoms with Gasteiger partial charge in [0.25, 0.3) is 0 Å². The summed E-state index contributed by atoms with van der Waals surface area (Å²) in [6.07, 6.45) is -6.44. The lowest BCUT2D eigenvalue weighted by Gasteiger charge is -2.57. The average Bonchev–Trinajstić information content (AvgIpc) is 3.05. The van der Waals surface area contributed by atoms with E-state index in [1.807, 2.05) is 0 Å². The molecule has 1 saturated heterocycles. The van der Waals surface area contributed by atoms with Crippen molar-refractivity contribution in [1.29, 1.82) is 0 Å². The van der Waals surface area contributed by atoms with Crippen LogP contribution in [0.2, 0.25) is 0 Å². The van der Waals surface area contributed by atoms with Crippen molar-refractivity contribution < 1.29 is 68.1 Å². The van der Waals surface area contributed by atoms with Crippen molar-refractivity contribution in [2.75, 3.05) is 0 Å². The Bertz CT molecular complexity index is 1250. The Morgan fingerprint density at radius 3 is 1.98 bits per heavy atom. The van der Waals surface area contributed by atoms with E-state index in [2.05, 4.69) is 0 Å². The molecule has 4 N–H and O–H groups in total. The summed E-state index contributed by atoms with van der Waals surface area (Å²) in [4.78, 5) is 63.8. The Labute approximate surface area is 254 Å². The van der Waals surface area contributed by atoms with Crippen LogP contribution < -0.4 is 0 Å². The van der Waals surface area contributed by atoms with Crippen LogP contribution in [-0.4, -0.2) is 104 Å². The number of aliphatic hydroxyl groups is 4. The van der Waals surface area contributed by atoms with Crippen LogP contribution in [0, 0.1) is 11.3 Å². The first-order valence-corrected chi connectivity index (χ1v) is 14.3. The first-order valence-electron chi connectivity index (χ1n) is 14.3. The van der Waals surface area contributed by atoms with Crippen molar-refractivity contribution in [1.82, 2.24) is 0 Å². The molecule has 0 bridgehead atoms. The van der Waals surface area contributed by atoms with Crippen molar-refractivity contribution in [2.45, 2.75) is 122 Å². The molecule has 14 nitrogen and oxygen atoms in total. The number of esters is 5. The number of carbonyl (C=O) groups is 5. The van der Waals surface area contributed by atoms with Crippen molar-refractivity contribution >= 4 is 29.8 Å². The van der Waals surface area contributed by atoms with E-state index in [1.54, 1.807) is 6.92 Å².